The molecule has 0 bridgehead atoms. The number of rotatable bonds is 7. The van der Waals surface area contributed by atoms with Gasteiger partial charge >= 0.3 is 0 Å². The summed E-state index contributed by atoms with van der Waals surface area (Å²) in [5.74, 6) is 2.73. The van der Waals surface area contributed by atoms with Gasteiger partial charge < -0.3 is 13.8 Å². The standard InChI is InChI=1S/C23H23N7O2/c1-15(2)18-12-20-25-26-22(19-11-16(3)32-28-19)30(20)27-23(18)31-14-21-24-9-10-29(21)13-17-7-5-4-6-8-17/h4-12,15H,13-14H2,1-3H3. The van der Waals surface area contributed by atoms with Gasteiger partial charge in [-0.15, -0.1) is 15.3 Å². The van der Waals surface area contributed by atoms with Gasteiger partial charge in [0.15, 0.2) is 11.3 Å². The SMILES string of the molecule is Cc1cc(-c2nnc3cc(C(C)C)c(OCc4nccn4Cc4ccccc4)nn23)no1. The molecular weight excluding hydrogens is 406 g/mol. The summed E-state index contributed by atoms with van der Waals surface area (Å²) in [5, 5.41) is 17.3. The maximum absolute atomic E-state index is 6.18. The predicted molar refractivity (Wildman–Crippen MR) is 117 cm³/mol. The lowest BCUT2D eigenvalue weighted by Gasteiger charge is -2.14. The second kappa shape index (κ2) is 8.26. The molecule has 0 radical (unpaired) electrons. The highest BCUT2D eigenvalue weighted by molar-refractivity contribution is 5.56. The fourth-order valence-electron chi connectivity index (χ4n) is 3.52. The monoisotopic (exact) mass is 429 g/mol. The number of hydrogen-bond donors (Lipinski definition) is 0. The third-order valence-corrected chi connectivity index (χ3v) is 5.20. The van der Waals surface area contributed by atoms with Crippen LogP contribution in [0.2, 0.25) is 0 Å². The maximum atomic E-state index is 6.18. The van der Waals surface area contributed by atoms with E-state index in [2.05, 4.69) is 50.9 Å². The molecule has 0 amide bonds. The summed E-state index contributed by atoms with van der Waals surface area (Å²) in [7, 11) is 0. The van der Waals surface area contributed by atoms with E-state index in [0.717, 1.165) is 17.9 Å². The molecule has 0 saturated carbocycles. The highest BCUT2D eigenvalue weighted by Gasteiger charge is 2.19. The van der Waals surface area contributed by atoms with Crippen LogP contribution in [0, 0.1) is 6.92 Å². The van der Waals surface area contributed by atoms with Crippen molar-refractivity contribution >= 4 is 5.65 Å². The van der Waals surface area contributed by atoms with E-state index in [1.165, 1.54) is 5.56 Å². The van der Waals surface area contributed by atoms with Crippen molar-refractivity contribution in [3.63, 3.8) is 0 Å². The largest absolute Gasteiger partial charge is 0.468 e. The second-order valence-corrected chi connectivity index (χ2v) is 7.92. The van der Waals surface area contributed by atoms with Crippen LogP contribution in [0.15, 0.2) is 59.4 Å². The van der Waals surface area contributed by atoms with Crippen LogP contribution in [-0.4, -0.2) is 34.5 Å². The van der Waals surface area contributed by atoms with Crippen molar-refractivity contribution < 1.29 is 9.26 Å². The van der Waals surface area contributed by atoms with Crippen molar-refractivity contribution in [2.45, 2.75) is 39.8 Å². The van der Waals surface area contributed by atoms with Crippen LogP contribution in [0.4, 0.5) is 0 Å². The van der Waals surface area contributed by atoms with Gasteiger partial charge in [0.05, 0.1) is 0 Å². The van der Waals surface area contributed by atoms with E-state index in [-0.39, 0.29) is 5.92 Å². The van der Waals surface area contributed by atoms with E-state index in [9.17, 15) is 0 Å². The van der Waals surface area contributed by atoms with Crippen molar-refractivity contribution in [1.29, 1.82) is 0 Å². The first-order valence-electron chi connectivity index (χ1n) is 10.5. The molecule has 1 aromatic carbocycles. The van der Waals surface area contributed by atoms with Gasteiger partial charge in [-0.2, -0.15) is 4.52 Å². The molecular formula is C23H23N7O2. The van der Waals surface area contributed by atoms with Crippen LogP contribution in [0.1, 0.15) is 42.5 Å². The first kappa shape index (κ1) is 19.9. The lowest BCUT2D eigenvalue weighted by atomic mass is 10.1. The van der Waals surface area contributed by atoms with E-state index < -0.39 is 0 Å². The molecule has 4 aromatic heterocycles. The molecule has 32 heavy (non-hydrogen) atoms. The average molecular weight is 429 g/mol. The van der Waals surface area contributed by atoms with E-state index in [0.29, 0.717) is 35.4 Å². The van der Waals surface area contributed by atoms with E-state index in [1.54, 1.807) is 16.8 Å². The Balaban J connectivity index is 1.45. The van der Waals surface area contributed by atoms with Gasteiger partial charge in [-0.25, -0.2) is 4.98 Å². The van der Waals surface area contributed by atoms with Gasteiger partial charge in [-0.05, 0) is 24.5 Å². The second-order valence-electron chi connectivity index (χ2n) is 7.92. The van der Waals surface area contributed by atoms with Gasteiger partial charge in [-0.3, -0.25) is 0 Å². The Hall–Kier alpha value is -4.01. The number of aromatic nitrogens is 7. The van der Waals surface area contributed by atoms with Crippen LogP contribution in [0.25, 0.3) is 17.2 Å². The Morgan fingerprint density at radius 3 is 2.69 bits per heavy atom. The minimum Gasteiger partial charge on any atom is -0.468 e. The van der Waals surface area contributed by atoms with Crippen LogP contribution in [-0.2, 0) is 13.2 Å². The number of hydrogen-bond acceptors (Lipinski definition) is 7. The Bertz CT molecular complexity index is 1350. The Kier molecular flexibility index (Phi) is 5.14. The first-order valence-corrected chi connectivity index (χ1v) is 10.5. The highest BCUT2D eigenvalue weighted by atomic mass is 16.5. The van der Waals surface area contributed by atoms with E-state index in [1.807, 2.05) is 37.4 Å². The lowest BCUT2D eigenvalue weighted by molar-refractivity contribution is 0.270. The van der Waals surface area contributed by atoms with Gasteiger partial charge in [0, 0.05) is 30.6 Å². The number of ether oxygens (including phenoxy) is 1. The summed E-state index contributed by atoms with van der Waals surface area (Å²) in [5.41, 5.74) is 3.35. The average Bonchev–Trinajstić information content (AvgIpc) is 3.52. The Morgan fingerprint density at radius 2 is 1.94 bits per heavy atom. The summed E-state index contributed by atoms with van der Waals surface area (Å²) >= 11 is 0. The fourth-order valence-corrected chi connectivity index (χ4v) is 3.52. The number of aryl methyl sites for hydroxylation is 1. The topological polar surface area (TPSA) is 96.2 Å². The zero-order valence-corrected chi connectivity index (χ0v) is 18.1. The number of fused-ring (bicyclic) bond motifs is 1. The Labute approximate surface area is 184 Å². The maximum Gasteiger partial charge on any atom is 0.235 e. The molecule has 0 spiro atoms. The van der Waals surface area contributed by atoms with Crippen molar-refractivity contribution in [2.75, 3.05) is 0 Å². The summed E-state index contributed by atoms with van der Waals surface area (Å²) in [6, 6.07) is 14.0. The molecule has 0 fully saturated rings. The molecule has 0 aliphatic heterocycles. The summed E-state index contributed by atoms with van der Waals surface area (Å²) in [6.07, 6.45) is 3.74. The smallest absolute Gasteiger partial charge is 0.235 e. The van der Waals surface area contributed by atoms with E-state index >= 15 is 0 Å². The van der Waals surface area contributed by atoms with Gasteiger partial charge in [0.1, 0.15) is 18.2 Å². The summed E-state index contributed by atoms with van der Waals surface area (Å²) in [6.45, 7) is 7.03. The van der Waals surface area contributed by atoms with Crippen molar-refractivity contribution in [2.24, 2.45) is 0 Å². The van der Waals surface area contributed by atoms with Gasteiger partial charge in [0.25, 0.3) is 0 Å². The van der Waals surface area contributed by atoms with Gasteiger partial charge in [0.2, 0.25) is 11.7 Å². The molecule has 4 heterocycles. The number of nitrogens with zero attached hydrogens (tertiary/aromatic N) is 7. The molecule has 0 aliphatic carbocycles. The zero-order chi connectivity index (χ0) is 22.1. The van der Waals surface area contributed by atoms with E-state index in [4.69, 9.17) is 14.4 Å². The lowest BCUT2D eigenvalue weighted by Crippen LogP contribution is -2.11. The first-order chi connectivity index (χ1) is 15.6. The number of benzene rings is 1. The third kappa shape index (κ3) is 3.84. The van der Waals surface area contributed by atoms with Crippen LogP contribution < -0.4 is 4.74 Å². The quantitative estimate of drug-likeness (QED) is 0.385. The molecule has 5 aromatic rings. The number of imidazole rings is 1. The zero-order valence-electron chi connectivity index (χ0n) is 18.1. The molecule has 9 nitrogen and oxygen atoms in total. The molecule has 0 N–H and O–H groups in total. The minimum absolute atomic E-state index is 0.195. The summed E-state index contributed by atoms with van der Waals surface area (Å²) in [4.78, 5) is 4.48. The predicted octanol–water partition coefficient (Wildman–Crippen LogP) is 4.03. The fraction of sp³-hybridized carbons (Fsp3) is 0.261. The normalized spacial score (nSPS) is 11.5. The molecule has 0 atom stereocenters. The molecule has 5 rings (SSSR count). The van der Waals surface area contributed by atoms with Crippen LogP contribution in [0.5, 0.6) is 5.88 Å². The summed E-state index contributed by atoms with van der Waals surface area (Å²) < 4.78 is 15.1. The Morgan fingerprint density at radius 1 is 1.09 bits per heavy atom. The molecule has 0 unspecified atom stereocenters. The van der Waals surface area contributed by atoms with Crippen molar-refractivity contribution in [3.8, 4) is 17.4 Å². The van der Waals surface area contributed by atoms with Gasteiger partial charge in [-0.1, -0.05) is 49.3 Å². The minimum atomic E-state index is 0.195. The van der Waals surface area contributed by atoms with Crippen LogP contribution in [0.3, 0.4) is 0 Å². The third-order valence-electron chi connectivity index (χ3n) is 5.20. The molecule has 0 saturated heterocycles. The molecule has 162 valence electrons. The molecule has 0 aliphatic rings. The van der Waals surface area contributed by atoms with Crippen molar-refractivity contribution in [1.82, 2.24) is 34.5 Å². The highest BCUT2D eigenvalue weighted by Crippen LogP contribution is 2.28. The van der Waals surface area contributed by atoms with Crippen LogP contribution >= 0.6 is 0 Å². The molecule has 9 heteroatoms. The van der Waals surface area contributed by atoms with Crippen molar-refractivity contribution in [3.05, 3.63) is 77.6 Å².